The monoisotopic (exact) mass is 464 g/mol. The van der Waals surface area contributed by atoms with Gasteiger partial charge < -0.3 is 14.4 Å². The van der Waals surface area contributed by atoms with Crippen LogP contribution in [-0.2, 0) is 14.8 Å². The SMILES string of the molecule is COc1ccccc1-c1cc(OC2CCN(C(=O)CCSC)CC2)cc(S(N)(=O)=O)c1. The van der Waals surface area contributed by atoms with Gasteiger partial charge in [-0.1, -0.05) is 18.2 Å². The summed E-state index contributed by atoms with van der Waals surface area (Å²) in [5.74, 6) is 2.04. The smallest absolute Gasteiger partial charge is 0.238 e. The number of likely N-dealkylation sites (tertiary alicyclic amines) is 1. The quantitative estimate of drug-likeness (QED) is 0.644. The number of hydrogen-bond donors (Lipinski definition) is 1. The maximum absolute atomic E-state index is 12.2. The molecule has 31 heavy (non-hydrogen) atoms. The lowest BCUT2D eigenvalue weighted by atomic mass is 10.0. The molecule has 9 heteroatoms. The average molecular weight is 465 g/mol. The number of piperidine rings is 1. The minimum atomic E-state index is -3.92. The number of thioether (sulfide) groups is 1. The summed E-state index contributed by atoms with van der Waals surface area (Å²) in [5, 5.41) is 5.41. The number of benzene rings is 2. The molecule has 168 valence electrons. The van der Waals surface area contributed by atoms with Crippen LogP contribution in [0.5, 0.6) is 11.5 Å². The van der Waals surface area contributed by atoms with Crippen molar-refractivity contribution in [1.82, 2.24) is 4.90 Å². The van der Waals surface area contributed by atoms with Crippen molar-refractivity contribution in [2.75, 3.05) is 32.2 Å². The van der Waals surface area contributed by atoms with Crippen LogP contribution in [0.1, 0.15) is 19.3 Å². The van der Waals surface area contributed by atoms with Crippen LogP contribution in [0.2, 0.25) is 0 Å². The first-order valence-corrected chi connectivity index (χ1v) is 13.0. The van der Waals surface area contributed by atoms with Crippen LogP contribution >= 0.6 is 11.8 Å². The van der Waals surface area contributed by atoms with Crippen LogP contribution in [0.15, 0.2) is 47.4 Å². The first-order chi connectivity index (χ1) is 14.8. The molecule has 1 aliphatic heterocycles. The molecular weight excluding hydrogens is 436 g/mol. The van der Waals surface area contributed by atoms with Gasteiger partial charge in [0.15, 0.2) is 0 Å². The third kappa shape index (κ3) is 6.15. The Morgan fingerprint density at radius 2 is 1.90 bits per heavy atom. The zero-order valence-corrected chi connectivity index (χ0v) is 19.4. The maximum atomic E-state index is 12.2. The maximum Gasteiger partial charge on any atom is 0.238 e. The van der Waals surface area contributed by atoms with E-state index in [1.807, 2.05) is 35.4 Å². The Balaban J connectivity index is 1.80. The number of amides is 1. The van der Waals surface area contributed by atoms with Gasteiger partial charge in [0, 0.05) is 49.7 Å². The number of hydrogen-bond acceptors (Lipinski definition) is 6. The molecule has 0 radical (unpaired) electrons. The molecule has 0 bridgehead atoms. The fourth-order valence-corrected chi connectivity index (χ4v) is 4.56. The van der Waals surface area contributed by atoms with Gasteiger partial charge in [0.1, 0.15) is 17.6 Å². The summed E-state index contributed by atoms with van der Waals surface area (Å²) in [6.07, 6.45) is 3.81. The van der Waals surface area contributed by atoms with E-state index in [1.165, 1.54) is 12.1 Å². The van der Waals surface area contributed by atoms with Crippen LogP contribution in [0.3, 0.4) is 0 Å². The fourth-order valence-electron chi connectivity index (χ4n) is 3.61. The van der Waals surface area contributed by atoms with Crippen molar-refractivity contribution < 1.29 is 22.7 Å². The number of nitrogens with zero attached hydrogens (tertiary/aromatic N) is 1. The van der Waals surface area contributed by atoms with Gasteiger partial charge in [0.25, 0.3) is 0 Å². The lowest BCUT2D eigenvalue weighted by Gasteiger charge is -2.32. The Hall–Kier alpha value is -2.23. The van der Waals surface area contributed by atoms with Crippen molar-refractivity contribution in [3.63, 3.8) is 0 Å². The summed E-state index contributed by atoms with van der Waals surface area (Å²) >= 11 is 1.66. The lowest BCUT2D eigenvalue weighted by molar-refractivity contribution is -0.132. The largest absolute Gasteiger partial charge is 0.496 e. The number of carbonyl (C=O) groups is 1. The summed E-state index contributed by atoms with van der Waals surface area (Å²) in [5.41, 5.74) is 1.39. The molecule has 0 aromatic heterocycles. The predicted molar refractivity (Wildman–Crippen MR) is 123 cm³/mol. The van der Waals surface area contributed by atoms with Crippen LogP contribution in [0.25, 0.3) is 11.1 Å². The molecule has 7 nitrogen and oxygen atoms in total. The summed E-state index contributed by atoms with van der Waals surface area (Å²) in [6, 6.07) is 12.1. The van der Waals surface area contributed by atoms with Crippen LogP contribution < -0.4 is 14.6 Å². The molecule has 1 heterocycles. The molecule has 1 aliphatic rings. The highest BCUT2D eigenvalue weighted by Crippen LogP contribution is 2.34. The Bertz CT molecular complexity index is 1020. The first kappa shape index (κ1) is 23.4. The summed E-state index contributed by atoms with van der Waals surface area (Å²) in [7, 11) is -2.36. The second kappa shape index (κ2) is 10.4. The number of methoxy groups -OCH3 is 1. The molecule has 0 saturated carbocycles. The second-order valence-corrected chi connectivity index (χ2v) is 9.93. The first-order valence-electron chi connectivity index (χ1n) is 10.1. The fraction of sp³-hybridized carbons (Fsp3) is 0.409. The van der Waals surface area contributed by atoms with Crippen molar-refractivity contribution in [2.45, 2.75) is 30.3 Å². The van der Waals surface area contributed by atoms with E-state index in [4.69, 9.17) is 14.6 Å². The van der Waals surface area contributed by atoms with E-state index in [1.54, 1.807) is 24.9 Å². The normalized spacial score (nSPS) is 15.0. The molecule has 1 fully saturated rings. The van der Waals surface area contributed by atoms with E-state index in [-0.39, 0.29) is 16.9 Å². The predicted octanol–water partition coefficient (Wildman–Crippen LogP) is 3.13. The number of sulfonamides is 1. The molecular formula is C22H28N2O5S2. The average Bonchev–Trinajstić information content (AvgIpc) is 2.77. The van der Waals surface area contributed by atoms with Gasteiger partial charge in [-0.05, 0) is 30.0 Å². The van der Waals surface area contributed by atoms with Crippen molar-refractivity contribution in [1.29, 1.82) is 0 Å². The molecule has 0 atom stereocenters. The van der Waals surface area contributed by atoms with E-state index >= 15 is 0 Å². The topological polar surface area (TPSA) is 98.9 Å². The third-order valence-electron chi connectivity index (χ3n) is 5.24. The van der Waals surface area contributed by atoms with Gasteiger partial charge in [0.05, 0.1) is 12.0 Å². The highest BCUT2D eigenvalue weighted by Gasteiger charge is 2.24. The Kier molecular flexibility index (Phi) is 7.85. The number of primary sulfonamides is 1. The molecule has 0 unspecified atom stereocenters. The van der Waals surface area contributed by atoms with Crippen LogP contribution in [-0.4, -0.2) is 57.5 Å². The van der Waals surface area contributed by atoms with Crippen molar-refractivity contribution in [3.05, 3.63) is 42.5 Å². The molecule has 1 saturated heterocycles. The minimum Gasteiger partial charge on any atom is -0.496 e. The van der Waals surface area contributed by atoms with Crippen molar-refractivity contribution in [2.24, 2.45) is 5.14 Å². The van der Waals surface area contributed by atoms with E-state index in [2.05, 4.69) is 0 Å². The molecule has 2 aromatic carbocycles. The summed E-state index contributed by atoms with van der Waals surface area (Å²) in [6.45, 7) is 1.26. The van der Waals surface area contributed by atoms with Crippen LogP contribution in [0, 0.1) is 0 Å². The Morgan fingerprint density at radius 3 is 2.55 bits per heavy atom. The summed E-state index contributed by atoms with van der Waals surface area (Å²) in [4.78, 5) is 14.1. The number of ether oxygens (including phenoxy) is 2. The van der Waals surface area contributed by atoms with Crippen molar-refractivity contribution >= 4 is 27.7 Å². The van der Waals surface area contributed by atoms with Crippen LogP contribution in [0.4, 0.5) is 0 Å². The van der Waals surface area contributed by atoms with Crippen molar-refractivity contribution in [3.8, 4) is 22.6 Å². The van der Waals surface area contributed by atoms with Gasteiger partial charge in [-0.15, -0.1) is 0 Å². The molecule has 1 amide bonds. The minimum absolute atomic E-state index is 0.0180. The van der Waals surface area contributed by atoms with E-state index < -0.39 is 10.0 Å². The zero-order chi connectivity index (χ0) is 22.4. The molecule has 3 rings (SSSR count). The third-order valence-corrected chi connectivity index (χ3v) is 6.75. The second-order valence-electron chi connectivity index (χ2n) is 7.38. The van der Waals surface area contributed by atoms with E-state index in [0.29, 0.717) is 49.4 Å². The lowest BCUT2D eigenvalue weighted by Crippen LogP contribution is -2.41. The molecule has 2 aromatic rings. The highest BCUT2D eigenvalue weighted by molar-refractivity contribution is 7.98. The highest BCUT2D eigenvalue weighted by atomic mass is 32.2. The number of carbonyl (C=O) groups excluding carboxylic acids is 1. The molecule has 0 aliphatic carbocycles. The number of nitrogens with two attached hydrogens (primary N) is 1. The Labute approximate surface area is 188 Å². The van der Waals surface area contributed by atoms with Gasteiger partial charge in [-0.2, -0.15) is 11.8 Å². The molecule has 0 spiro atoms. The van der Waals surface area contributed by atoms with E-state index in [9.17, 15) is 13.2 Å². The summed E-state index contributed by atoms with van der Waals surface area (Å²) < 4.78 is 35.7. The van der Waals surface area contributed by atoms with Gasteiger partial charge in [0.2, 0.25) is 15.9 Å². The van der Waals surface area contributed by atoms with E-state index in [0.717, 1.165) is 11.3 Å². The number of rotatable bonds is 8. The zero-order valence-electron chi connectivity index (χ0n) is 17.7. The van der Waals surface area contributed by atoms with Gasteiger partial charge >= 0.3 is 0 Å². The van der Waals surface area contributed by atoms with Gasteiger partial charge in [-0.25, -0.2) is 13.6 Å². The van der Waals surface area contributed by atoms with Gasteiger partial charge in [-0.3, -0.25) is 4.79 Å². The molecule has 2 N–H and O–H groups in total. The Morgan fingerprint density at radius 1 is 1.19 bits per heavy atom. The standard InChI is InChI=1S/C22H28N2O5S2/c1-28-21-6-4-3-5-20(21)16-13-18(15-19(14-16)31(23,26)27)29-17-7-10-24(11-8-17)22(25)9-12-30-2/h3-6,13-15,17H,7-12H2,1-2H3,(H2,23,26,27). The number of para-hydroxylation sites is 1.